The van der Waals surface area contributed by atoms with E-state index >= 15 is 0 Å². The highest BCUT2D eigenvalue weighted by atomic mass is 16.5. The standard InChI is InChI=1S/C26H30N6O4/c1-6-11-31-26(35)22-10-8-7-9-21(22)23(30-31)25(34)29-28-24(33)20(14-27)13-19-12-16(2)32(18(19)4)17(3)15-36-5/h7-10,12-13,17H,6,11,15H2,1-5H3,(H,28,33)(H,29,34)/b20-13-. The van der Waals surface area contributed by atoms with Gasteiger partial charge in [0.25, 0.3) is 17.4 Å². The van der Waals surface area contributed by atoms with Gasteiger partial charge in [-0.3, -0.25) is 25.2 Å². The molecule has 0 spiro atoms. The van der Waals surface area contributed by atoms with Crippen LogP contribution in [-0.2, 0) is 16.1 Å². The molecule has 10 nitrogen and oxygen atoms in total. The third-order valence-corrected chi connectivity index (χ3v) is 5.84. The fraction of sp³-hybridized carbons (Fsp3) is 0.346. The van der Waals surface area contributed by atoms with Gasteiger partial charge in [0.15, 0.2) is 5.69 Å². The fourth-order valence-corrected chi connectivity index (χ4v) is 4.25. The number of aromatic nitrogens is 3. The Labute approximate surface area is 209 Å². The Bertz CT molecular complexity index is 1430. The normalized spacial score (nSPS) is 12.3. The maximum absolute atomic E-state index is 12.9. The lowest BCUT2D eigenvalue weighted by molar-refractivity contribution is -0.117. The Balaban J connectivity index is 1.84. The number of methoxy groups -OCH3 is 1. The number of hydrogen-bond donors (Lipinski definition) is 2. The van der Waals surface area contributed by atoms with E-state index in [-0.39, 0.29) is 22.9 Å². The van der Waals surface area contributed by atoms with Gasteiger partial charge in [-0.2, -0.15) is 10.4 Å². The summed E-state index contributed by atoms with van der Waals surface area (Å²) >= 11 is 0. The van der Waals surface area contributed by atoms with Crippen LogP contribution >= 0.6 is 0 Å². The molecule has 3 rings (SSSR count). The van der Waals surface area contributed by atoms with Crippen molar-refractivity contribution in [2.75, 3.05) is 13.7 Å². The van der Waals surface area contributed by atoms with Gasteiger partial charge in [0.2, 0.25) is 0 Å². The topological polar surface area (TPSA) is 131 Å². The van der Waals surface area contributed by atoms with E-state index in [0.29, 0.717) is 35.9 Å². The molecule has 0 saturated heterocycles. The maximum atomic E-state index is 12.9. The highest BCUT2D eigenvalue weighted by Gasteiger charge is 2.19. The number of rotatable bonds is 8. The third-order valence-electron chi connectivity index (χ3n) is 5.84. The Morgan fingerprint density at radius 2 is 1.92 bits per heavy atom. The number of amides is 2. The Kier molecular flexibility index (Phi) is 8.40. The van der Waals surface area contributed by atoms with Crippen molar-refractivity contribution in [3.8, 4) is 6.07 Å². The smallest absolute Gasteiger partial charge is 0.290 e. The summed E-state index contributed by atoms with van der Waals surface area (Å²) in [5, 5.41) is 14.5. The quantitative estimate of drug-likeness (QED) is 0.284. The number of benzene rings is 1. The average Bonchev–Trinajstić information content (AvgIpc) is 3.15. The second kappa shape index (κ2) is 11.5. The van der Waals surface area contributed by atoms with Crippen LogP contribution in [0, 0.1) is 25.2 Å². The van der Waals surface area contributed by atoms with Crippen molar-refractivity contribution >= 4 is 28.7 Å². The molecule has 1 atom stereocenters. The number of nitriles is 1. The molecule has 2 aromatic heterocycles. The van der Waals surface area contributed by atoms with Gasteiger partial charge in [0.1, 0.15) is 11.6 Å². The molecule has 10 heteroatoms. The van der Waals surface area contributed by atoms with Crippen LogP contribution in [0.1, 0.15) is 53.7 Å². The number of aryl methyl sites for hydroxylation is 2. The highest BCUT2D eigenvalue weighted by Crippen LogP contribution is 2.23. The average molecular weight is 491 g/mol. The van der Waals surface area contributed by atoms with E-state index in [1.54, 1.807) is 31.4 Å². The minimum Gasteiger partial charge on any atom is -0.383 e. The van der Waals surface area contributed by atoms with E-state index in [1.807, 2.05) is 39.8 Å². The first-order valence-electron chi connectivity index (χ1n) is 11.6. The molecule has 3 aromatic rings. The summed E-state index contributed by atoms with van der Waals surface area (Å²) in [7, 11) is 1.63. The van der Waals surface area contributed by atoms with E-state index in [0.717, 1.165) is 11.4 Å². The maximum Gasteiger partial charge on any atom is 0.290 e. The molecule has 0 bridgehead atoms. The number of carbonyl (C=O) groups is 2. The van der Waals surface area contributed by atoms with Crippen molar-refractivity contribution < 1.29 is 14.3 Å². The lowest BCUT2D eigenvalue weighted by atomic mass is 10.1. The van der Waals surface area contributed by atoms with Crippen LogP contribution in [0.5, 0.6) is 0 Å². The Morgan fingerprint density at radius 3 is 2.56 bits per heavy atom. The number of fused-ring (bicyclic) bond motifs is 1. The predicted octanol–water partition coefficient (Wildman–Crippen LogP) is 2.80. The third kappa shape index (κ3) is 5.37. The fourth-order valence-electron chi connectivity index (χ4n) is 4.25. The summed E-state index contributed by atoms with van der Waals surface area (Å²) in [5.41, 5.74) is 6.70. The van der Waals surface area contributed by atoms with Gasteiger partial charge in [0, 0.05) is 30.4 Å². The molecular formula is C26H30N6O4. The summed E-state index contributed by atoms with van der Waals surface area (Å²) < 4.78 is 8.56. The number of nitrogens with zero attached hydrogens (tertiary/aromatic N) is 4. The minimum absolute atomic E-state index is 0.00267. The molecule has 0 fully saturated rings. The van der Waals surface area contributed by atoms with Gasteiger partial charge in [-0.1, -0.05) is 25.1 Å². The van der Waals surface area contributed by atoms with Gasteiger partial charge < -0.3 is 9.30 Å². The Hall–Kier alpha value is -4.23. The SMILES string of the molecule is CCCn1nc(C(=O)NNC(=O)/C(C#N)=C\c2cc(C)n(C(C)COC)c2C)c2ccccc2c1=O. The van der Waals surface area contributed by atoms with Crippen LogP contribution in [-0.4, -0.2) is 39.9 Å². The molecule has 2 amide bonds. The zero-order valence-electron chi connectivity index (χ0n) is 21.1. The number of ether oxygens (including phenoxy) is 1. The van der Waals surface area contributed by atoms with Crippen molar-refractivity contribution in [2.45, 2.75) is 46.7 Å². The van der Waals surface area contributed by atoms with Gasteiger partial charge in [-0.25, -0.2) is 4.68 Å². The van der Waals surface area contributed by atoms with Gasteiger partial charge in [-0.15, -0.1) is 0 Å². The van der Waals surface area contributed by atoms with Crippen molar-refractivity contribution in [3.05, 3.63) is 68.9 Å². The lowest BCUT2D eigenvalue weighted by Crippen LogP contribution is -2.43. The monoisotopic (exact) mass is 490 g/mol. The van der Waals surface area contributed by atoms with Crippen molar-refractivity contribution in [2.24, 2.45) is 0 Å². The largest absolute Gasteiger partial charge is 0.383 e. The van der Waals surface area contributed by atoms with E-state index in [4.69, 9.17) is 4.74 Å². The molecule has 1 unspecified atom stereocenters. The zero-order valence-corrected chi connectivity index (χ0v) is 21.1. The predicted molar refractivity (Wildman–Crippen MR) is 136 cm³/mol. The van der Waals surface area contributed by atoms with Crippen molar-refractivity contribution in [3.63, 3.8) is 0 Å². The second-order valence-corrected chi connectivity index (χ2v) is 8.50. The van der Waals surface area contributed by atoms with Crippen LogP contribution in [0.3, 0.4) is 0 Å². The molecular weight excluding hydrogens is 460 g/mol. The Morgan fingerprint density at radius 1 is 1.22 bits per heavy atom. The van der Waals surface area contributed by atoms with E-state index < -0.39 is 11.8 Å². The molecule has 1 aromatic carbocycles. The zero-order chi connectivity index (χ0) is 26.4. The summed E-state index contributed by atoms with van der Waals surface area (Å²) in [6, 6.07) is 10.5. The summed E-state index contributed by atoms with van der Waals surface area (Å²) in [6.07, 6.45) is 2.14. The molecule has 0 saturated carbocycles. The van der Waals surface area contributed by atoms with Crippen LogP contribution in [0.15, 0.2) is 40.7 Å². The summed E-state index contributed by atoms with van der Waals surface area (Å²) in [6.45, 7) is 8.63. The number of nitrogens with one attached hydrogen (secondary N) is 2. The van der Waals surface area contributed by atoms with Gasteiger partial charge in [0.05, 0.1) is 18.0 Å². The van der Waals surface area contributed by atoms with Crippen LogP contribution in [0.2, 0.25) is 0 Å². The summed E-state index contributed by atoms with van der Waals surface area (Å²) in [5.74, 6) is -1.47. The van der Waals surface area contributed by atoms with Crippen LogP contribution < -0.4 is 16.4 Å². The molecule has 188 valence electrons. The molecule has 0 aliphatic carbocycles. The first-order valence-corrected chi connectivity index (χ1v) is 11.6. The molecule has 2 heterocycles. The second-order valence-electron chi connectivity index (χ2n) is 8.50. The van der Waals surface area contributed by atoms with E-state index in [1.165, 1.54) is 10.8 Å². The molecule has 2 N–H and O–H groups in total. The first kappa shape index (κ1) is 26.4. The molecule has 0 aliphatic heterocycles. The van der Waals surface area contributed by atoms with Crippen LogP contribution in [0.25, 0.3) is 16.8 Å². The lowest BCUT2D eigenvalue weighted by Gasteiger charge is -2.17. The number of hydrazine groups is 1. The number of carbonyl (C=O) groups excluding carboxylic acids is 2. The molecule has 36 heavy (non-hydrogen) atoms. The van der Waals surface area contributed by atoms with Crippen molar-refractivity contribution in [1.82, 2.24) is 25.2 Å². The summed E-state index contributed by atoms with van der Waals surface area (Å²) in [4.78, 5) is 38.3. The molecule has 0 radical (unpaired) electrons. The number of hydrogen-bond acceptors (Lipinski definition) is 6. The van der Waals surface area contributed by atoms with E-state index in [9.17, 15) is 19.6 Å². The van der Waals surface area contributed by atoms with Crippen LogP contribution in [0.4, 0.5) is 0 Å². The van der Waals surface area contributed by atoms with Gasteiger partial charge in [-0.05, 0) is 51.0 Å². The van der Waals surface area contributed by atoms with Gasteiger partial charge >= 0.3 is 0 Å². The van der Waals surface area contributed by atoms with Crippen molar-refractivity contribution in [1.29, 1.82) is 5.26 Å². The minimum atomic E-state index is -0.772. The molecule has 0 aliphatic rings. The highest BCUT2D eigenvalue weighted by molar-refractivity contribution is 6.07. The van der Waals surface area contributed by atoms with E-state index in [2.05, 4.69) is 20.5 Å². The first-order chi connectivity index (χ1) is 17.2.